The van der Waals surface area contributed by atoms with E-state index in [1.54, 1.807) is 11.3 Å². The van der Waals surface area contributed by atoms with Crippen LogP contribution in [0.3, 0.4) is 0 Å². The third-order valence-electron chi connectivity index (χ3n) is 11.9. The first-order valence-corrected chi connectivity index (χ1v) is 27.2. The molecule has 10 rings (SSSR count). The van der Waals surface area contributed by atoms with Gasteiger partial charge in [0.25, 0.3) is 0 Å². The van der Waals surface area contributed by atoms with Crippen LogP contribution in [0.25, 0.3) is 0 Å². The summed E-state index contributed by atoms with van der Waals surface area (Å²) in [4.78, 5) is 35.1. The van der Waals surface area contributed by atoms with Gasteiger partial charge in [-0.25, -0.2) is 9.97 Å². The van der Waals surface area contributed by atoms with Crippen molar-refractivity contribution in [2.24, 2.45) is 5.73 Å². The highest BCUT2D eigenvalue weighted by atomic mass is 35.5. The molecule has 2 aromatic carbocycles. The van der Waals surface area contributed by atoms with E-state index in [0.29, 0.717) is 37.0 Å². The van der Waals surface area contributed by atoms with E-state index in [2.05, 4.69) is 85.7 Å². The first-order chi connectivity index (χ1) is 31.7. The minimum Gasteiger partial charge on any atom is -0.368 e. The molecule has 4 N–H and O–H groups in total. The van der Waals surface area contributed by atoms with Crippen molar-refractivity contribution in [3.63, 3.8) is 0 Å². The van der Waals surface area contributed by atoms with E-state index in [0.717, 1.165) is 132 Å². The molecular weight excluding hydrogens is 938 g/mol. The molecule has 4 aliphatic heterocycles. The predicted molar refractivity (Wildman–Crippen MR) is 271 cm³/mol. The summed E-state index contributed by atoms with van der Waals surface area (Å²) in [6.45, 7) is 11.0. The average Bonchev–Trinajstić information content (AvgIpc) is 4.16. The zero-order valence-corrected chi connectivity index (χ0v) is 41.1. The molecule has 2 atom stereocenters. The lowest BCUT2D eigenvalue weighted by Gasteiger charge is -2.36. The summed E-state index contributed by atoms with van der Waals surface area (Å²) in [5.41, 5.74) is 9.93. The second-order valence-electron chi connectivity index (χ2n) is 16.2. The summed E-state index contributed by atoms with van der Waals surface area (Å²) in [5, 5.41) is 8.41. The fourth-order valence-electron chi connectivity index (χ4n) is 8.39. The molecule has 4 aromatic heterocycles. The zero-order valence-electron chi connectivity index (χ0n) is 36.3. The molecule has 0 bridgehead atoms. The van der Waals surface area contributed by atoms with Gasteiger partial charge in [-0.3, -0.25) is 8.42 Å². The van der Waals surface area contributed by atoms with Gasteiger partial charge < -0.3 is 36.0 Å². The highest BCUT2D eigenvalue weighted by molar-refractivity contribution is 7.85. The van der Waals surface area contributed by atoms with Gasteiger partial charge in [0.15, 0.2) is 0 Å². The Morgan fingerprint density at radius 2 is 0.969 bits per heavy atom. The number of rotatable bonds is 13. The molecule has 2 saturated heterocycles. The molecule has 19 heteroatoms. The quantitative estimate of drug-likeness (QED) is 0.103. The lowest BCUT2D eigenvalue weighted by molar-refractivity contribution is 0.637. The van der Waals surface area contributed by atoms with Gasteiger partial charge in [-0.15, -0.1) is 22.7 Å². The minimum absolute atomic E-state index is 0.545. The number of fused-ring (bicyclic) bond motifs is 2. The molecule has 342 valence electrons. The van der Waals surface area contributed by atoms with Gasteiger partial charge >= 0.3 is 0 Å². The number of nitrogens with zero attached hydrogens (tertiary/aromatic N) is 8. The molecule has 4 aliphatic rings. The summed E-state index contributed by atoms with van der Waals surface area (Å²) in [5.74, 6) is 4.13. The number of hydrogen-bond acceptors (Lipinski definition) is 15. The SMILES string of the molecule is CCCc1ccc(CNc2nc(N3CCN(c4ccc(Cl)cc4)CC3)nc3c2S(=O)CC3)s1.NCc1ccc(CNc2nc(N3CCN(c4ccc(Cl)cc4)CC3)nc3c2S(=O)CC3)s1. The van der Waals surface area contributed by atoms with E-state index in [-0.39, 0.29) is 0 Å². The summed E-state index contributed by atoms with van der Waals surface area (Å²) >= 11 is 15.6. The van der Waals surface area contributed by atoms with Gasteiger partial charge in [0.2, 0.25) is 11.9 Å². The number of anilines is 6. The molecule has 0 aliphatic carbocycles. The number of aryl methyl sites for hydroxylation is 3. The van der Waals surface area contributed by atoms with Crippen LogP contribution in [0.2, 0.25) is 10.0 Å². The maximum atomic E-state index is 12.7. The van der Waals surface area contributed by atoms with Crippen LogP contribution in [0, 0.1) is 0 Å². The van der Waals surface area contributed by atoms with E-state index in [1.165, 1.54) is 26.0 Å². The Bertz CT molecular complexity index is 2630. The average molecular weight is 991 g/mol. The lowest BCUT2D eigenvalue weighted by atomic mass is 10.2. The lowest BCUT2D eigenvalue weighted by Crippen LogP contribution is -2.47. The fourth-order valence-corrected chi connectivity index (χ4v) is 13.2. The molecule has 8 heterocycles. The van der Waals surface area contributed by atoms with Crippen molar-refractivity contribution in [3.8, 4) is 0 Å². The van der Waals surface area contributed by atoms with Gasteiger partial charge in [-0.1, -0.05) is 36.5 Å². The van der Waals surface area contributed by atoms with Gasteiger partial charge in [-0.2, -0.15) is 9.97 Å². The van der Waals surface area contributed by atoms with Crippen molar-refractivity contribution in [1.82, 2.24) is 19.9 Å². The normalized spacial score (nSPS) is 18.0. The van der Waals surface area contributed by atoms with Gasteiger partial charge in [0, 0.05) is 124 Å². The van der Waals surface area contributed by atoms with Crippen LogP contribution < -0.4 is 36.0 Å². The molecule has 0 radical (unpaired) electrons. The van der Waals surface area contributed by atoms with Gasteiger partial charge in [0.05, 0.1) is 46.1 Å². The largest absolute Gasteiger partial charge is 0.368 e. The number of hydrogen-bond donors (Lipinski definition) is 3. The molecular formula is C46H53Cl2N11O2S4. The fraction of sp³-hybridized carbons (Fsp3) is 0.391. The smallest absolute Gasteiger partial charge is 0.227 e. The van der Waals surface area contributed by atoms with Crippen molar-refractivity contribution >= 4 is 102 Å². The Labute approximate surface area is 403 Å². The van der Waals surface area contributed by atoms with Gasteiger partial charge in [-0.05, 0) is 79.2 Å². The number of nitrogens with two attached hydrogens (primary N) is 1. The molecule has 0 amide bonds. The van der Waals surface area contributed by atoms with Crippen LogP contribution in [0.1, 0.15) is 44.2 Å². The Hall–Kier alpha value is -4.36. The van der Waals surface area contributed by atoms with Crippen molar-refractivity contribution in [2.45, 2.75) is 62.0 Å². The van der Waals surface area contributed by atoms with E-state index in [1.807, 2.05) is 35.6 Å². The summed E-state index contributed by atoms with van der Waals surface area (Å²) in [6, 6.07) is 24.5. The Morgan fingerprint density at radius 3 is 1.38 bits per heavy atom. The van der Waals surface area contributed by atoms with Crippen molar-refractivity contribution in [2.75, 3.05) is 94.1 Å². The van der Waals surface area contributed by atoms with Crippen molar-refractivity contribution in [3.05, 3.63) is 114 Å². The number of halogens is 2. The molecule has 0 saturated carbocycles. The summed E-state index contributed by atoms with van der Waals surface area (Å²) < 4.78 is 25.3. The molecule has 2 unspecified atom stereocenters. The van der Waals surface area contributed by atoms with Crippen LogP contribution in [0.5, 0.6) is 0 Å². The summed E-state index contributed by atoms with van der Waals surface area (Å²) in [7, 11) is -2.08. The van der Waals surface area contributed by atoms with Crippen LogP contribution in [0.4, 0.5) is 34.9 Å². The van der Waals surface area contributed by atoms with Crippen molar-refractivity contribution in [1.29, 1.82) is 0 Å². The van der Waals surface area contributed by atoms with E-state index in [4.69, 9.17) is 48.9 Å². The van der Waals surface area contributed by atoms with Crippen LogP contribution in [-0.4, -0.2) is 92.2 Å². The van der Waals surface area contributed by atoms with E-state index >= 15 is 0 Å². The Morgan fingerprint density at radius 1 is 0.569 bits per heavy atom. The molecule has 2 fully saturated rings. The first-order valence-electron chi connectivity index (χ1n) is 22.1. The van der Waals surface area contributed by atoms with Crippen LogP contribution >= 0.6 is 45.9 Å². The second-order valence-corrected chi connectivity index (χ2v) is 22.6. The molecule has 0 spiro atoms. The first kappa shape index (κ1) is 45.8. The third-order valence-corrected chi connectivity index (χ3v) is 17.5. The number of aromatic nitrogens is 4. The Balaban J connectivity index is 0.000000164. The number of piperazine rings is 2. The van der Waals surface area contributed by atoms with Crippen molar-refractivity contribution < 1.29 is 8.42 Å². The number of benzene rings is 2. The minimum atomic E-state index is -1.05. The van der Waals surface area contributed by atoms with Crippen LogP contribution in [-0.2, 0) is 60.5 Å². The number of nitrogens with one attached hydrogen (secondary N) is 2. The molecule has 65 heavy (non-hydrogen) atoms. The highest BCUT2D eigenvalue weighted by Crippen LogP contribution is 2.33. The topological polar surface area (TPSA) is 149 Å². The maximum Gasteiger partial charge on any atom is 0.227 e. The zero-order chi connectivity index (χ0) is 44.9. The van der Waals surface area contributed by atoms with E-state index in [9.17, 15) is 8.42 Å². The standard InChI is InChI=1S/C24H28ClN5OS2.C22H25ClN6OS2/c1-2-3-19-8-9-20(32-19)16-26-23-22-21(10-15-33(22)31)27-24(28-23)30-13-11-29(12-14-30)18-6-4-17(25)5-7-18;23-15-1-3-16(4-2-15)28-8-10-29(11-9-28)22-26-19-7-12-32(30)20(19)21(27-22)25-14-18-6-5-17(13-24)31-18/h4-9H,2-3,10-16H2,1H3,(H,26,27,28);1-6H,7-14,24H2,(H,25,26,27). The Kier molecular flexibility index (Phi) is 14.8. The highest BCUT2D eigenvalue weighted by Gasteiger charge is 2.30. The molecule has 6 aromatic rings. The molecule has 13 nitrogen and oxygen atoms in total. The van der Waals surface area contributed by atoms with Gasteiger partial charge in [0.1, 0.15) is 21.4 Å². The number of thiophene rings is 2. The maximum absolute atomic E-state index is 12.7. The predicted octanol–water partition coefficient (Wildman–Crippen LogP) is 8.00. The summed E-state index contributed by atoms with van der Waals surface area (Å²) in [6.07, 6.45) is 3.74. The van der Waals surface area contributed by atoms with Crippen LogP contribution in [0.15, 0.2) is 82.6 Å². The second kappa shape index (κ2) is 21.1. The van der Waals surface area contributed by atoms with E-state index < -0.39 is 21.6 Å². The monoisotopic (exact) mass is 989 g/mol. The third kappa shape index (κ3) is 10.9.